The molecule has 1 aliphatic carbocycles. The molecule has 0 bridgehead atoms. The SMILES string of the molecule is Cc1ccc(S(=O)(=O)NCC(=O)NC2CC2)s1. The number of carbonyl (C=O) groups is 1. The van der Waals surface area contributed by atoms with Crippen LogP contribution in [0.25, 0.3) is 0 Å². The Morgan fingerprint density at radius 2 is 2.18 bits per heavy atom. The van der Waals surface area contributed by atoms with Gasteiger partial charge in [-0.15, -0.1) is 11.3 Å². The number of rotatable bonds is 5. The van der Waals surface area contributed by atoms with Gasteiger partial charge in [-0.2, -0.15) is 0 Å². The van der Waals surface area contributed by atoms with Gasteiger partial charge in [0.1, 0.15) is 4.21 Å². The summed E-state index contributed by atoms with van der Waals surface area (Å²) in [7, 11) is -3.54. The smallest absolute Gasteiger partial charge is 0.250 e. The average molecular weight is 274 g/mol. The summed E-state index contributed by atoms with van der Waals surface area (Å²) in [6.45, 7) is 1.64. The monoisotopic (exact) mass is 274 g/mol. The molecule has 1 aliphatic rings. The summed E-state index contributed by atoms with van der Waals surface area (Å²) in [6.07, 6.45) is 1.98. The molecule has 1 heterocycles. The third-order valence-electron chi connectivity index (χ3n) is 2.35. The van der Waals surface area contributed by atoms with Crippen LogP contribution in [0.15, 0.2) is 16.3 Å². The molecule has 1 aromatic heterocycles. The van der Waals surface area contributed by atoms with Crippen molar-refractivity contribution < 1.29 is 13.2 Å². The van der Waals surface area contributed by atoms with Crippen molar-refractivity contribution in [3.8, 4) is 0 Å². The highest BCUT2D eigenvalue weighted by Crippen LogP contribution is 2.20. The molecule has 7 heteroatoms. The normalized spacial score (nSPS) is 15.8. The molecule has 0 aliphatic heterocycles. The van der Waals surface area contributed by atoms with Crippen LogP contribution in [-0.4, -0.2) is 26.9 Å². The first-order chi connectivity index (χ1) is 7.97. The van der Waals surface area contributed by atoms with E-state index in [1.165, 1.54) is 11.3 Å². The summed E-state index contributed by atoms with van der Waals surface area (Å²) < 4.78 is 26.1. The Morgan fingerprint density at radius 1 is 1.47 bits per heavy atom. The molecule has 94 valence electrons. The third kappa shape index (κ3) is 3.52. The Kier molecular flexibility index (Phi) is 3.50. The zero-order valence-corrected chi connectivity index (χ0v) is 11.0. The highest BCUT2D eigenvalue weighted by Gasteiger charge is 2.24. The van der Waals surface area contributed by atoms with E-state index in [1.54, 1.807) is 12.1 Å². The molecule has 5 nitrogen and oxygen atoms in total. The van der Waals surface area contributed by atoms with Gasteiger partial charge in [0.25, 0.3) is 10.0 Å². The number of hydrogen-bond donors (Lipinski definition) is 2. The fourth-order valence-corrected chi connectivity index (χ4v) is 3.60. The van der Waals surface area contributed by atoms with Crippen LogP contribution in [0.4, 0.5) is 0 Å². The van der Waals surface area contributed by atoms with Crippen molar-refractivity contribution >= 4 is 27.3 Å². The molecule has 0 aromatic carbocycles. The largest absolute Gasteiger partial charge is 0.352 e. The van der Waals surface area contributed by atoms with Crippen molar-refractivity contribution in [3.05, 3.63) is 17.0 Å². The van der Waals surface area contributed by atoms with Crippen LogP contribution in [0, 0.1) is 6.92 Å². The van der Waals surface area contributed by atoms with Crippen LogP contribution in [-0.2, 0) is 14.8 Å². The maximum atomic E-state index is 11.8. The van der Waals surface area contributed by atoms with E-state index >= 15 is 0 Å². The number of carbonyl (C=O) groups excluding carboxylic acids is 1. The van der Waals surface area contributed by atoms with Gasteiger partial charge >= 0.3 is 0 Å². The lowest BCUT2D eigenvalue weighted by molar-refractivity contribution is -0.120. The molecule has 0 saturated heterocycles. The summed E-state index contributed by atoms with van der Waals surface area (Å²) >= 11 is 1.19. The highest BCUT2D eigenvalue weighted by molar-refractivity contribution is 7.91. The van der Waals surface area contributed by atoms with E-state index in [9.17, 15) is 13.2 Å². The summed E-state index contributed by atoms with van der Waals surface area (Å²) in [5.41, 5.74) is 0. The standard InChI is InChI=1S/C10H14N2O3S2/c1-7-2-5-10(16-7)17(14,15)11-6-9(13)12-8-3-4-8/h2,5,8,11H,3-4,6H2,1H3,(H,12,13). The van der Waals surface area contributed by atoms with Gasteiger partial charge in [-0.25, -0.2) is 13.1 Å². The van der Waals surface area contributed by atoms with Crippen LogP contribution < -0.4 is 10.0 Å². The minimum absolute atomic E-state index is 0.199. The summed E-state index contributed by atoms with van der Waals surface area (Å²) in [6, 6.07) is 3.53. The lowest BCUT2D eigenvalue weighted by atomic mass is 10.5. The van der Waals surface area contributed by atoms with E-state index < -0.39 is 10.0 Å². The zero-order chi connectivity index (χ0) is 12.5. The Labute approximate surface area is 104 Å². The molecule has 1 amide bonds. The minimum Gasteiger partial charge on any atom is -0.352 e. The maximum absolute atomic E-state index is 11.8. The van der Waals surface area contributed by atoms with E-state index in [0.717, 1.165) is 17.7 Å². The molecule has 0 unspecified atom stereocenters. The van der Waals surface area contributed by atoms with Gasteiger partial charge in [-0.05, 0) is 31.9 Å². The van der Waals surface area contributed by atoms with E-state index in [1.807, 2.05) is 6.92 Å². The quantitative estimate of drug-likeness (QED) is 0.826. The molecule has 1 aromatic rings. The van der Waals surface area contributed by atoms with Crippen molar-refractivity contribution in [1.82, 2.24) is 10.0 Å². The molecule has 2 rings (SSSR count). The molecular formula is C10H14N2O3S2. The van der Waals surface area contributed by atoms with Gasteiger partial charge in [-0.3, -0.25) is 4.79 Å². The van der Waals surface area contributed by atoms with E-state index in [0.29, 0.717) is 0 Å². The number of sulfonamides is 1. The first-order valence-electron chi connectivity index (χ1n) is 5.33. The van der Waals surface area contributed by atoms with E-state index in [4.69, 9.17) is 0 Å². The lowest BCUT2D eigenvalue weighted by Gasteiger charge is -2.05. The summed E-state index contributed by atoms with van der Waals surface area (Å²) in [4.78, 5) is 12.3. The van der Waals surface area contributed by atoms with Crippen molar-refractivity contribution in [2.75, 3.05) is 6.54 Å². The minimum atomic E-state index is -3.54. The predicted molar refractivity (Wildman–Crippen MR) is 65.4 cm³/mol. The van der Waals surface area contributed by atoms with Crippen molar-refractivity contribution in [3.63, 3.8) is 0 Å². The predicted octanol–water partition coefficient (Wildman–Crippen LogP) is 0.613. The van der Waals surface area contributed by atoms with Crippen LogP contribution in [0.5, 0.6) is 0 Å². The lowest BCUT2D eigenvalue weighted by Crippen LogP contribution is -2.37. The van der Waals surface area contributed by atoms with E-state index in [2.05, 4.69) is 10.0 Å². The third-order valence-corrected chi connectivity index (χ3v) is 5.24. The fraction of sp³-hybridized carbons (Fsp3) is 0.500. The number of thiophene rings is 1. The molecular weight excluding hydrogens is 260 g/mol. The number of aryl methyl sites for hydroxylation is 1. The second-order valence-corrected chi connectivity index (χ2v) is 7.31. The van der Waals surface area contributed by atoms with Crippen molar-refractivity contribution in [2.24, 2.45) is 0 Å². The molecule has 0 atom stereocenters. The number of hydrogen-bond acceptors (Lipinski definition) is 4. The van der Waals surface area contributed by atoms with Crippen LogP contribution in [0.3, 0.4) is 0 Å². The second kappa shape index (κ2) is 4.75. The molecule has 1 saturated carbocycles. The zero-order valence-electron chi connectivity index (χ0n) is 9.39. The van der Waals surface area contributed by atoms with Crippen LogP contribution >= 0.6 is 11.3 Å². The van der Waals surface area contributed by atoms with Gasteiger partial charge in [0, 0.05) is 10.9 Å². The van der Waals surface area contributed by atoms with Gasteiger partial charge in [-0.1, -0.05) is 0 Å². The first kappa shape index (κ1) is 12.5. The second-order valence-electron chi connectivity index (χ2n) is 4.03. The number of nitrogens with one attached hydrogen (secondary N) is 2. The Morgan fingerprint density at radius 3 is 2.71 bits per heavy atom. The van der Waals surface area contributed by atoms with Crippen molar-refractivity contribution in [2.45, 2.75) is 30.0 Å². The summed E-state index contributed by atoms with van der Waals surface area (Å²) in [5, 5.41) is 2.72. The van der Waals surface area contributed by atoms with Gasteiger partial charge in [0.05, 0.1) is 6.54 Å². The van der Waals surface area contributed by atoms with Gasteiger partial charge in [0.2, 0.25) is 5.91 Å². The number of amides is 1. The molecule has 1 fully saturated rings. The average Bonchev–Trinajstić information content (AvgIpc) is 2.95. The molecule has 0 radical (unpaired) electrons. The van der Waals surface area contributed by atoms with Crippen LogP contribution in [0.1, 0.15) is 17.7 Å². The highest BCUT2D eigenvalue weighted by atomic mass is 32.2. The Bertz CT molecular complexity index is 517. The Hall–Kier alpha value is -0.920. The molecule has 0 spiro atoms. The topological polar surface area (TPSA) is 75.3 Å². The van der Waals surface area contributed by atoms with Gasteiger partial charge < -0.3 is 5.32 Å². The summed E-state index contributed by atoms with van der Waals surface area (Å²) in [5.74, 6) is -0.274. The fourth-order valence-electron chi connectivity index (χ4n) is 1.29. The molecule has 17 heavy (non-hydrogen) atoms. The maximum Gasteiger partial charge on any atom is 0.250 e. The van der Waals surface area contributed by atoms with Crippen molar-refractivity contribution in [1.29, 1.82) is 0 Å². The Balaban J connectivity index is 1.90. The van der Waals surface area contributed by atoms with Crippen LogP contribution in [0.2, 0.25) is 0 Å². The van der Waals surface area contributed by atoms with E-state index in [-0.39, 0.29) is 22.7 Å². The van der Waals surface area contributed by atoms with Gasteiger partial charge in [0.15, 0.2) is 0 Å². The first-order valence-corrected chi connectivity index (χ1v) is 7.63. The molecule has 2 N–H and O–H groups in total.